The van der Waals surface area contributed by atoms with Crippen LogP contribution in [-0.4, -0.2) is 49.3 Å². The molecule has 4 N–H and O–H groups in total. The molecule has 0 aromatic heterocycles. The monoisotopic (exact) mass is 358 g/mol. The lowest BCUT2D eigenvalue weighted by atomic mass is 9.86. The zero-order valence-electron chi connectivity index (χ0n) is 15.3. The van der Waals surface area contributed by atoms with E-state index in [0.29, 0.717) is 5.92 Å². The van der Waals surface area contributed by atoms with Gasteiger partial charge in [-0.3, -0.25) is 4.79 Å². The van der Waals surface area contributed by atoms with Gasteiger partial charge in [-0.1, -0.05) is 26.2 Å². The van der Waals surface area contributed by atoms with Crippen molar-refractivity contribution < 1.29 is 28.6 Å². The van der Waals surface area contributed by atoms with Crippen LogP contribution >= 0.6 is 0 Å². The van der Waals surface area contributed by atoms with Crippen molar-refractivity contribution in [2.45, 2.75) is 70.1 Å². The first-order valence-electron chi connectivity index (χ1n) is 8.67. The zero-order valence-corrected chi connectivity index (χ0v) is 15.3. The van der Waals surface area contributed by atoms with E-state index in [4.69, 9.17) is 16.2 Å². The molecule has 8 heteroatoms. The highest BCUT2D eigenvalue weighted by molar-refractivity contribution is 5.92. The van der Waals surface area contributed by atoms with Crippen LogP contribution in [0, 0.1) is 5.92 Å². The maximum Gasteiger partial charge on any atom is 0.333 e. The van der Waals surface area contributed by atoms with Crippen molar-refractivity contribution in [1.82, 2.24) is 0 Å². The first kappa shape index (κ1) is 21.5. The highest BCUT2D eigenvalue weighted by Crippen LogP contribution is 2.35. The average molecular weight is 358 g/mol. The van der Waals surface area contributed by atoms with Gasteiger partial charge in [0.15, 0.2) is 0 Å². The molecule has 25 heavy (non-hydrogen) atoms. The van der Waals surface area contributed by atoms with Crippen LogP contribution in [-0.2, 0) is 28.6 Å². The lowest BCUT2D eigenvalue weighted by Gasteiger charge is -2.35. The summed E-state index contributed by atoms with van der Waals surface area (Å²) < 4.78 is 15.0. The standard InChI is InChI=1S/C17H30N2O6/c1-11-7-5-4-6-8-17(11,2)24-10-13(19)16(22)25-15(21)12(18)9-14(20)23-3/h11-13H,4-10,18-19H2,1-3H3/t11?,12-,13-,17?/m0/s1. The maximum absolute atomic E-state index is 11.9. The quantitative estimate of drug-likeness (QED) is 0.385. The molecule has 0 radical (unpaired) electrons. The molecular weight excluding hydrogens is 328 g/mol. The van der Waals surface area contributed by atoms with Crippen LogP contribution in [0.2, 0.25) is 0 Å². The third kappa shape index (κ3) is 6.72. The van der Waals surface area contributed by atoms with Crippen LogP contribution in [0.3, 0.4) is 0 Å². The van der Waals surface area contributed by atoms with E-state index in [0.717, 1.165) is 19.3 Å². The molecule has 2 unspecified atom stereocenters. The van der Waals surface area contributed by atoms with Gasteiger partial charge in [-0.15, -0.1) is 0 Å². The van der Waals surface area contributed by atoms with E-state index < -0.39 is 30.0 Å². The van der Waals surface area contributed by atoms with Crippen LogP contribution < -0.4 is 11.5 Å². The Morgan fingerprint density at radius 3 is 2.40 bits per heavy atom. The smallest absolute Gasteiger partial charge is 0.333 e. The molecule has 0 spiro atoms. The summed E-state index contributed by atoms with van der Waals surface area (Å²) >= 11 is 0. The van der Waals surface area contributed by atoms with E-state index in [2.05, 4.69) is 16.4 Å². The van der Waals surface area contributed by atoms with E-state index in [9.17, 15) is 14.4 Å². The van der Waals surface area contributed by atoms with Gasteiger partial charge in [-0.2, -0.15) is 0 Å². The molecule has 0 aliphatic heterocycles. The van der Waals surface area contributed by atoms with Gasteiger partial charge in [0.1, 0.15) is 12.1 Å². The van der Waals surface area contributed by atoms with Crippen LogP contribution in [0.15, 0.2) is 0 Å². The van der Waals surface area contributed by atoms with E-state index in [-0.39, 0.29) is 18.6 Å². The summed E-state index contributed by atoms with van der Waals surface area (Å²) in [5, 5.41) is 0. The summed E-state index contributed by atoms with van der Waals surface area (Å²) in [7, 11) is 1.17. The molecule has 1 fully saturated rings. The van der Waals surface area contributed by atoms with Crippen molar-refractivity contribution in [3.8, 4) is 0 Å². The predicted octanol–water partition coefficient (Wildman–Crippen LogP) is 0.649. The lowest BCUT2D eigenvalue weighted by molar-refractivity contribution is -0.165. The minimum atomic E-state index is -1.27. The Hall–Kier alpha value is -1.51. The van der Waals surface area contributed by atoms with Gasteiger partial charge < -0.3 is 25.7 Å². The second-order valence-corrected chi connectivity index (χ2v) is 6.86. The van der Waals surface area contributed by atoms with Gasteiger partial charge >= 0.3 is 17.9 Å². The third-order valence-corrected chi connectivity index (χ3v) is 4.87. The molecule has 0 aromatic rings. The van der Waals surface area contributed by atoms with Crippen molar-refractivity contribution >= 4 is 17.9 Å². The molecule has 1 rings (SSSR count). The number of rotatable bonds is 7. The topological polar surface area (TPSA) is 131 Å². The second-order valence-electron chi connectivity index (χ2n) is 6.86. The average Bonchev–Trinajstić information content (AvgIpc) is 2.74. The van der Waals surface area contributed by atoms with Gasteiger partial charge in [0.05, 0.1) is 25.7 Å². The van der Waals surface area contributed by atoms with Crippen LogP contribution in [0.4, 0.5) is 0 Å². The summed E-state index contributed by atoms with van der Waals surface area (Å²) in [6.45, 7) is 4.11. The van der Waals surface area contributed by atoms with Crippen molar-refractivity contribution in [2.24, 2.45) is 17.4 Å². The SMILES string of the molecule is COC(=O)C[C@H](N)C(=O)OC(=O)[C@@H](N)COC1(C)CCCCCC1C. The summed E-state index contributed by atoms with van der Waals surface area (Å²) in [5.74, 6) is -2.25. The molecule has 1 aliphatic rings. The van der Waals surface area contributed by atoms with Gasteiger partial charge in [-0.25, -0.2) is 9.59 Å². The zero-order chi connectivity index (χ0) is 19.0. The lowest BCUT2D eigenvalue weighted by Crippen LogP contribution is -2.45. The Labute approximate surface area is 148 Å². The number of nitrogens with two attached hydrogens (primary N) is 2. The summed E-state index contributed by atoms with van der Waals surface area (Å²) in [6, 6.07) is -2.37. The molecule has 0 amide bonds. The molecule has 0 saturated heterocycles. The van der Waals surface area contributed by atoms with Crippen LogP contribution in [0.25, 0.3) is 0 Å². The molecule has 1 saturated carbocycles. The maximum atomic E-state index is 11.9. The summed E-state index contributed by atoms with van der Waals surface area (Å²) in [6.07, 6.45) is 5.01. The second kappa shape index (κ2) is 9.84. The first-order valence-corrected chi connectivity index (χ1v) is 8.67. The highest BCUT2D eigenvalue weighted by atomic mass is 16.6. The van der Waals surface area contributed by atoms with E-state index in [1.54, 1.807) is 0 Å². The Kier molecular flexibility index (Phi) is 8.47. The predicted molar refractivity (Wildman–Crippen MR) is 90.3 cm³/mol. The summed E-state index contributed by atoms with van der Waals surface area (Å²) in [5.41, 5.74) is 10.9. The Bertz CT molecular complexity index is 484. The minimum Gasteiger partial charge on any atom is -0.469 e. The molecule has 8 nitrogen and oxygen atoms in total. The van der Waals surface area contributed by atoms with Crippen LogP contribution in [0.5, 0.6) is 0 Å². The van der Waals surface area contributed by atoms with E-state index in [1.165, 1.54) is 20.0 Å². The number of ether oxygens (including phenoxy) is 3. The molecular formula is C17H30N2O6. The Balaban J connectivity index is 2.48. The number of carbonyl (C=O) groups excluding carboxylic acids is 3. The van der Waals surface area contributed by atoms with Crippen LogP contribution in [0.1, 0.15) is 52.4 Å². The first-order chi connectivity index (χ1) is 11.7. The third-order valence-electron chi connectivity index (χ3n) is 4.87. The Morgan fingerprint density at radius 2 is 1.76 bits per heavy atom. The fourth-order valence-corrected chi connectivity index (χ4v) is 2.81. The summed E-state index contributed by atoms with van der Waals surface area (Å²) in [4.78, 5) is 34.7. The normalized spacial score (nSPS) is 26.2. The minimum absolute atomic E-state index is 0.0425. The van der Waals surface area contributed by atoms with Crippen molar-refractivity contribution in [2.75, 3.05) is 13.7 Å². The van der Waals surface area contributed by atoms with Gasteiger partial charge in [0, 0.05) is 0 Å². The fourth-order valence-electron chi connectivity index (χ4n) is 2.81. The number of hydrogen-bond donors (Lipinski definition) is 2. The molecule has 144 valence electrons. The highest BCUT2D eigenvalue weighted by Gasteiger charge is 2.35. The molecule has 0 bridgehead atoms. The van der Waals surface area contributed by atoms with Gasteiger partial charge in [0.2, 0.25) is 0 Å². The fraction of sp³-hybridized carbons (Fsp3) is 0.824. The van der Waals surface area contributed by atoms with E-state index in [1.807, 2.05) is 6.92 Å². The molecule has 0 aromatic carbocycles. The number of esters is 3. The molecule has 0 heterocycles. The van der Waals surface area contributed by atoms with Crippen molar-refractivity contribution in [3.05, 3.63) is 0 Å². The van der Waals surface area contributed by atoms with Crippen molar-refractivity contribution in [3.63, 3.8) is 0 Å². The molecule has 4 atom stereocenters. The number of carbonyl (C=O) groups is 3. The largest absolute Gasteiger partial charge is 0.469 e. The van der Waals surface area contributed by atoms with E-state index >= 15 is 0 Å². The van der Waals surface area contributed by atoms with Gasteiger partial charge in [0.25, 0.3) is 0 Å². The van der Waals surface area contributed by atoms with Crippen molar-refractivity contribution in [1.29, 1.82) is 0 Å². The Morgan fingerprint density at radius 1 is 1.12 bits per heavy atom. The number of methoxy groups -OCH3 is 1. The van der Waals surface area contributed by atoms with Gasteiger partial charge in [-0.05, 0) is 25.7 Å². The molecule has 1 aliphatic carbocycles. The number of hydrogen-bond acceptors (Lipinski definition) is 8.